The van der Waals surface area contributed by atoms with Crippen LogP contribution in [0.5, 0.6) is 0 Å². The van der Waals surface area contributed by atoms with Crippen molar-refractivity contribution in [2.75, 3.05) is 36.5 Å². The lowest BCUT2D eigenvalue weighted by atomic mass is 10.2. The molecule has 3 aromatic rings. The minimum Gasteiger partial charge on any atom is -0.378 e. The predicted molar refractivity (Wildman–Crippen MR) is 125 cm³/mol. The Hall–Kier alpha value is -3.98. The first-order chi connectivity index (χ1) is 16.2. The van der Waals surface area contributed by atoms with Crippen molar-refractivity contribution >= 4 is 23.4 Å². The number of carbonyl (C=O) groups excluding carboxylic acids is 2. The first kappa shape index (κ1) is 22.2. The van der Waals surface area contributed by atoms with Crippen molar-refractivity contribution in [3.63, 3.8) is 0 Å². The van der Waals surface area contributed by atoms with E-state index in [1.165, 1.54) is 0 Å². The smallest absolute Gasteiger partial charge is 0.319 e. The molecule has 9 nitrogen and oxygen atoms in total. The summed E-state index contributed by atoms with van der Waals surface area (Å²) in [5.41, 5.74) is 2.67. The quantitative estimate of drug-likeness (QED) is 0.515. The van der Waals surface area contributed by atoms with Gasteiger partial charge in [0, 0.05) is 48.8 Å². The zero-order valence-electron chi connectivity index (χ0n) is 18.2. The molecule has 4 rings (SSSR count). The Bertz CT molecular complexity index is 1090. The maximum atomic E-state index is 12.5. The molecule has 1 fully saturated rings. The highest BCUT2D eigenvalue weighted by atomic mass is 16.5. The largest absolute Gasteiger partial charge is 0.378 e. The molecule has 1 aliphatic rings. The van der Waals surface area contributed by atoms with Crippen LogP contribution in [-0.2, 0) is 17.8 Å². The molecule has 3 heterocycles. The van der Waals surface area contributed by atoms with Gasteiger partial charge in [0.15, 0.2) is 0 Å². The summed E-state index contributed by atoms with van der Waals surface area (Å²) >= 11 is 0. The average Bonchev–Trinajstić information content (AvgIpc) is 2.87. The van der Waals surface area contributed by atoms with Crippen molar-refractivity contribution in [1.82, 2.24) is 20.6 Å². The van der Waals surface area contributed by atoms with Gasteiger partial charge >= 0.3 is 6.03 Å². The molecule has 0 saturated carbocycles. The Labute approximate surface area is 192 Å². The van der Waals surface area contributed by atoms with E-state index in [0.29, 0.717) is 37.6 Å². The van der Waals surface area contributed by atoms with Gasteiger partial charge in [-0.1, -0.05) is 18.2 Å². The van der Waals surface area contributed by atoms with E-state index in [2.05, 4.69) is 30.8 Å². The topological polar surface area (TPSA) is 108 Å². The minimum atomic E-state index is -0.363. The van der Waals surface area contributed by atoms with Crippen molar-refractivity contribution in [3.05, 3.63) is 83.8 Å². The van der Waals surface area contributed by atoms with E-state index in [-0.39, 0.29) is 11.9 Å². The van der Waals surface area contributed by atoms with Crippen LogP contribution in [0.4, 0.5) is 16.3 Å². The minimum absolute atomic E-state index is 0.241. The number of nitrogens with zero attached hydrogens (tertiary/aromatic N) is 3. The number of ether oxygens (including phenoxy) is 1. The molecule has 0 spiro atoms. The van der Waals surface area contributed by atoms with Gasteiger partial charge < -0.3 is 25.6 Å². The van der Waals surface area contributed by atoms with Crippen LogP contribution < -0.4 is 20.9 Å². The number of morpholine rings is 1. The van der Waals surface area contributed by atoms with Crippen molar-refractivity contribution in [1.29, 1.82) is 0 Å². The molecule has 2 aromatic heterocycles. The molecule has 3 amide bonds. The van der Waals surface area contributed by atoms with E-state index < -0.39 is 0 Å². The fourth-order valence-electron chi connectivity index (χ4n) is 3.49. The molecule has 170 valence electrons. The van der Waals surface area contributed by atoms with Gasteiger partial charge in [-0.25, -0.2) is 9.78 Å². The average molecular weight is 447 g/mol. The Balaban J connectivity index is 1.32. The van der Waals surface area contributed by atoms with Crippen LogP contribution in [0.3, 0.4) is 0 Å². The molecule has 1 aliphatic heterocycles. The van der Waals surface area contributed by atoms with Crippen LogP contribution in [0, 0.1) is 0 Å². The third-order valence-corrected chi connectivity index (χ3v) is 5.16. The molecule has 1 aromatic carbocycles. The van der Waals surface area contributed by atoms with E-state index in [4.69, 9.17) is 4.74 Å². The lowest BCUT2D eigenvalue weighted by molar-refractivity contribution is 0.0950. The van der Waals surface area contributed by atoms with E-state index >= 15 is 0 Å². The molecule has 3 N–H and O–H groups in total. The fourth-order valence-corrected chi connectivity index (χ4v) is 3.49. The molecule has 0 atom stereocenters. The number of benzene rings is 1. The summed E-state index contributed by atoms with van der Waals surface area (Å²) in [5, 5.41) is 8.48. The standard InChI is InChI=1S/C24H26N6O3/c31-23(27-17-21-7-1-2-9-25-21)18-5-3-8-20(15-18)29-24(32)28-16-19-6-4-10-26-22(19)30-11-13-33-14-12-30/h1-10,15H,11-14,16-17H2,(H,27,31)(H2,28,29,32). The zero-order valence-corrected chi connectivity index (χ0v) is 18.2. The van der Waals surface area contributed by atoms with Crippen LogP contribution in [0.1, 0.15) is 21.6 Å². The fraction of sp³-hybridized carbons (Fsp3) is 0.250. The number of carbonyl (C=O) groups is 2. The van der Waals surface area contributed by atoms with Crippen LogP contribution in [0.25, 0.3) is 0 Å². The SMILES string of the molecule is O=C(NCc1cccnc1N1CCOCC1)Nc1cccc(C(=O)NCc2ccccn2)c1. The Morgan fingerprint density at radius 1 is 0.909 bits per heavy atom. The van der Waals surface area contributed by atoms with Crippen LogP contribution in [0.2, 0.25) is 0 Å². The monoisotopic (exact) mass is 446 g/mol. The highest BCUT2D eigenvalue weighted by Crippen LogP contribution is 2.18. The number of amides is 3. The maximum Gasteiger partial charge on any atom is 0.319 e. The Kier molecular flexibility index (Phi) is 7.44. The first-order valence-electron chi connectivity index (χ1n) is 10.8. The van der Waals surface area contributed by atoms with Crippen LogP contribution in [0.15, 0.2) is 67.0 Å². The lowest BCUT2D eigenvalue weighted by Crippen LogP contribution is -2.38. The highest BCUT2D eigenvalue weighted by molar-refractivity contribution is 5.96. The number of urea groups is 1. The maximum absolute atomic E-state index is 12.5. The molecule has 1 saturated heterocycles. The molecule has 0 aliphatic carbocycles. The second-order valence-corrected chi connectivity index (χ2v) is 7.48. The summed E-state index contributed by atoms with van der Waals surface area (Å²) in [5.74, 6) is 0.614. The number of aromatic nitrogens is 2. The van der Waals surface area contributed by atoms with E-state index in [9.17, 15) is 9.59 Å². The third-order valence-electron chi connectivity index (χ3n) is 5.16. The number of nitrogens with one attached hydrogen (secondary N) is 3. The van der Waals surface area contributed by atoms with Crippen molar-refractivity contribution in [2.24, 2.45) is 0 Å². The van der Waals surface area contributed by atoms with Gasteiger partial charge in [0.25, 0.3) is 5.91 Å². The van der Waals surface area contributed by atoms with E-state index in [1.54, 1.807) is 36.7 Å². The predicted octanol–water partition coefficient (Wildman–Crippen LogP) is 2.56. The van der Waals surface area contributed by atoms with Gasteiger partial charge in [-0.2, -0.15) is 0 Å². The summed E-state index contributed by atoms with van der Waals surface area (Å²) < 4.78 is 5.41. The zero-order chi connectivity index (χ0) is 22.9. The van der Waals surface area contributed by atoms with Crippen LogP contribution in [-0.4, -0.2) is 48.2 Å². The van der Waals surface area contributed by atoms with E-state index in [1.807, 2.05) is 30.3 Å². The molecular weight excluding hydrogens is 420 g/mol. The number of anilines is 2. The number of hydrogen-bond acceptors (Lipinski definition) is 6. The number of hydrogen-bond donors (Lipinski definition) is 3. The molecule has 0 bridgehead atoms. The highest BCUT2D eigenvalue weighted by Gasteiger charge is 2.16. The molecule has 0 unspecified atom stereocenters. The summed E-state index contributed by atoms with van der Waals surface area (Å²) in [6.07, 6.45) is 3.43. The Morgan fingerprint density at radius 3 is 2.58 bits per heavy atom. The van der Waals surface area contributed by atoms with Gasteiger partial charge in [-0.05, 0) is 36.4 Å². The number of pyridine rings is 2. The van der Waals surface area contributed by atoms with Crippen LogP contribution >= 0.6 is 0 Å². The normalized spacial score (nSPS) is 13.3. The molecule has 33 heavy (non-hydrogen) atoms. The van der Waals surface area contributed by atoms with Crippen molar-refractivity contribution in [3.8, 4) is 0 Å². The second kappa shape index (κ2) is 11.1. The van der Waals surface area contributed by atoms with Gasteiger partial charge in [-0.15, -0.1) is 0 Å². The Morgan fingerprint density at radius 2 is 1.76 bits per heavy atom. The van der Waals surface area contributed by atoms with Gasteiger partial charge in [0.1, 0.15) is 5.82 Å². The van der Waals surface area contributed by atoms with Gasteiger partial charge in [0.05, 0.1) is 25.5 Å². The summed E-state index contributed by atoms with van der Waals surface area (Å²) in [4.78, 5) is 35.8. The molecular formula is C24H26N6O3. The van der Waals surface area contributed by atoms with E-state index in [0.717, 1.165) is 30.2 Å². The molecule has 9 heteroatoms. The summed E-state index contributed by atoms with van der Waals surface area (Å²) in [6, 6.07) is 15.8. The van der Waals surface area contributed by atoms with Gasteiger partial charge in [0.2, 0.25) is 0 Å². The summed E-state index contributed by atoms with van der Waals surface area (Å²) in [7, 11) is 0. The summed E-state index contributed by atoms with van der Waals surface area (Å²) in [6.45, 7) is 3.52. The van der Waals surface area contributed by atoms with Crippen molar-refractivity contribution in [2.45, 2.75) is 13.1 Å². The van der Waals surface area contributed by atoms with Gasteiger partial charge in [-0.3, -0.25) is 9.78 Å². The second-order valence-electron chi connectivity index (χ2n) is 7.48. The first-order valence-corrected chi connectivity index (χ1v) is 10.8. The number of rotatable bonds is 7. The molecule has 0 radical (unpaired) electrons. The lowest BCUT2D eigenvalue weighted by Gasteiger charge is -2.29. The van der Waals surface area contributed by atoms with Crippen molar-refractivity contribution < 1.29 is 14.3 Å². The third kappa shape index (κ3) is 6.27.